The Balaban J connectivity index is 2.51. The van der Waals surface area contributed by atoms with E-state index in [4.69, 9.17) is 4.74 Å². The number of hydrogen-bond acceptors (Lipinski definition) is 5. The van der Waals surface area contributed by atoms with Gasteiger partial charge in [-0.05, 0) is 28.7 Å². The van der Waals surface area contributed by atoms with Crippen LogP contribution in [0.4, 0.5) is 5.82 Å². The summed E-state index contributed by atoms with van der Waals surface area (Å²) in [5.74, 6) is 1.39. The molecule has 0 radical (unpaired) electrons. The average Bonchev–Trinajstić information content (AvgIpc) is 2.79. The minimum atomic E-state index is 0.454. The van der Waals surface area contributed by atoms with E-state index in [0.717, 1.165) is 20.8 Å². The van der Waals surface area contributed by atoms with Gasteiger partial charge in [0.1, 0.15) is 11.5 Å². The molecule has 0 saturated carbocycles. The Morgan fingerprint density at radius 3 is 2.78 bits per heavy atom. The van der Waals surface area contributed by atoms with Crippen molar-refractivity contribution in [2.75, 3.05) is 19.5 Å². The number of anilines is 1. The van der Waals surface area contributed by atoms with Gasteiger partial charge in [0.05, 0.1) is 15.9 Å². The van der Waals surface area contributed by atoms with Crippen LogP contribution in [0.15, 0.2) is 12.3 Å². The Kier molecular flexibility index (Phi) is 4.12. The first kappa shape index (κ1) is 13.2. The second kappa shape index (κ2) is 5.61. The van der Waals surface area contributed by atoms with E-state index in [1.54, 1.807) is 11.8 Å². The summed E-state index contributed by atoms with van der Waals surface area (Å²) in [5.41, 5.74) is 1.61. The Morgan fingerprint density at radius 1 is 1.44 bits per heavy atom. The van der Waals surface area contributed by atoms with E-state index in [1.807, 2.05) is 26.4 Å². The lowest BCUT2D eigenvalue weighted by molar-refractivity contribution is 0.181. The highest BCUT2D eigenvalue weighted by atomic mass is 127. The molecule has 0 amide bonds. The zero-order valence-corrected chi connectivity index (χ0v) is 12.6. The fraction of sp³-hybridized carbons (Fsp3) is 0.364. The number of nitrogens with zero attached hydrogens (tertiary/aromatic N) is 4. The van der Waals surface area contributed by atoms with E-state index in [9.17, 15) is 0 Å². The third-order valence-corrected chi connectivity index (χ3v) is 3.51. The summed E-state index contributed by atoms with van der Waals surface area (Å²) in [4.78, 5) is 8.95. The van der Waals surface area contributed by atoms with Crippen molar-refractivity contribution >= 4 is 28.4 Å². The molecule has 0 aliphatic heterocycles. The van der Waals surface area contributed by atoms with Gasteiger partial charge in [-0.2, -0.15) is 5.10 Å². The third-order valence-electron chi connectivity index (χ3n) is 2.38. The molecule has 0 fully saturated rings. The van der Waals surface area contributed by atoms with Gasteiger partial charge in [0.2, 0.25) is 0 Å². The molecule has 0 aromatic carbocycles. The first-order valence-electron chi connectivity index (χ1n) is 5.38. The summed E-state index contributed by atoms with van der Waals surface area (Å²) in [6.07, 6.45) is 1.87. The molecule has 0 spiro atoms. The standard InChI is InChI=1S/C11H14IN5O/c1-13-11-9(12)8(6-18-3)14-10(15-11)7-4-5-17(2)16-7/h4-5H,6H2,1-3H3,(H,13,14,15). The summed E-state index contributed by atoms with van der Waals surface area (Å²) < 4.78 is 7.85. The molecule has 0 aliphatic carbocycles. The average molecular weight is 359 g/mol. The molecule has 2 aromatic rings. The Hall–Kier alpha value is -1.22. The molecule has 0 aliphatic rings. The van der Waals surface area contributed by atoms with Gasteiger partial charge in [-0.3, -0.25) is 4.68 Å². The maximum absolute atomic E-state index is 5.16. The van der Waals surface area contributed by atoms with Crippen LogP contribution < -0.4 is 5.32 Å². The van der Waals surface area contributed by atoms with E-state index in [0.29, 0.717) is 12.4 Å². The minimum absolute atomic E-state index is 0.454. The number of aryl methyl sites for hydroxylation is 1. The first-order chi connectivity index (χ1) is 8.65. The van der Waals surface area contributed by atoms with Crippen molar-refractivity contribution in [1.29, 1.82) is 0 Å². The zero-order valence-electron chi connectivity index (χ0n) is 10.4. The maximum atomic E-state index is 5.16. The molecular weight excluding hydrogens is 345 g/mol. The van der Waals surface area contributed by atoms with Crippen molar-refractivity contribution in [3.8, 4) is 11.5 Å². The smallest absolute Gasteiger partial charge is 0.182 e. The molecule has 6 nitrogen and oxygen atoms in total. The van der Waals surface area contributed by atoms with Crippen LogP contribution in [0.2, 0.25) is 0 Å². The molecule has 7 heteroatoms. The molecule has 2 rings (SSSR count). The minimum Gasteiger partial charge on any atom is -0.378 e. The van der Waals surface area contributed by atoms with Crippen LogP contribution in [0.25, 0.3) is 11.5 Å². The van der Waals surface area contributed by atoms with E-state index >= 15 is 0 Å². The fourth-order valence-electron chi connectivity index (χ4n) is 1.54. The van der Waals surface area contributed by atoms with Crippen LogP contribution in [0, 0.1) is 3.57 Å². The van der Waals surface area contributed by atoms with Crippen molar-refractivity contribution in [3.63, 3.8) is 0 Å². The maximum Gasteiger partial charge on any atom is 0.182 e. The van der Waals surface area contributed by atoms with Gasteiger partial charge in [0.25, 0.3) is 0 Å². The van der Waals surface area contributed by atoms with Gasteiger partial charge in [-0.1, -0.05) is 0 Å². The normalized spacial score (nSPS) is 10.7. The van der Waals surface area contributed by atoms with Crippen LogP contribution in [0.1, 0.15) is 5.69 Å². The largest absolute Gasteiger partial charge is 0.378 e. The quantitative estimate of drug-likeness (QED) is 0.842. The van der Waals surface area contributed by atoms with Gasteiger partial charge >= 0.3 is 0 Å². The number of hydrogen-bond donors (Lipinski definition) is 1. The highest BCUT2D eigenvalue weighted by molar-refractivity contribution is 14.1. The van der Waals surface area contributed by atoms with E-state index in [2.05, 4.69) is 43.0 Å². The molecule has 0 bridgehead atoms. The molecule has 2 heterocycles. The topological polar surface area (TPSA) is 64.9 Å². The van der Waals surface area contributed by atoms with E-state index in [-0.39, 0.29) is 0 Å². The highest BCUT2D eigenvalue weighted by Gasteiger charge is 2.13. The Bertz CT molecular complexity index is 554. The second-order valence-electron chi connectivity index (χ2n) is 3.71. The summed E-state index contributed by atoms with van der Waals surface area (Å²) in [5, 5.41) is 7.37. The highest BCUT2D eigenvalue weighted by Crippen LogP contribution is 2.23. The molecule has 96 valence electrons. The van der Waals surface area contributed by atoms with Gasteiger partial charge in [0.15, 0.2) is 5.82 Å². The lowest BCUT2D eigenvalue weighted by Crippen LogP contribution is -2.06. The van der Waals surface area contributed by atoms with Crippen LogP contribution in [0.5, 0.6) is 0 Å². The number of halogens is 1. The van der Waals surface area contributed by atoms with E-state index in [1.165, 1.54) is 0 Å². The number of nitrogens with one attached hydrogen (secondary N) is 1. The van der Waals surface area contributed by atoms with Gasteiger partial charge < -0.3 is 10.1 Å². The Morgan fingerprint density at radius 2 is 2.22 bits per heavy atom. The number of rotatable bonds is 4. The summed E-state index contributed by atoms with van der Waals surface area (Å²) >= 11 is 2.21. The molecule has 18 heavy (non-hydrogen) atoms. The molecule has 0 saturated heterocycles. The van der Waals surface area contributed by atoms with Crippen molar-refractivity contribution in [3.05, 3.63) is 21.5 Å². The molecule has 0 unspecified atom stereocenters. The monoisotopic (exact) mass is 359 g/mol. The summed E-state index contributed by atoms with van der Waals surface area (Å²) in [6, 6.07) is 1.89. The number of ether oxygens (including phenoxy) is 1. The molecular formula is C11H14IN5O. The number of methoxy groups -OCH3 is 1. The van der Waals surface area contributed by atoms with Crippen molar-refractivity contribution in [1.82, 2.24) is 19.7 Å². The van der Waals surface area contributed by atoms with Crippen molar-refractivity contribution in [2.24, 2.45) is 7.05 Å². The van der Waals surface area contributed by atoms with Gasteiger partial charge in [-0.15, -0.1) is 0 Å². The second-order valence-corrected chi connectivity index (χ2v) is 4.79. The molecule has 2 aromatic heterocycles. The third kappa shape index (κ3) is 2.61. The van der Waals surface area contributed by atoms with Crippen molar-refractivity contribution in [2.45, 2.75) is 6.61 Å². The van der Waals surface area contributed by atoms with Crippen LogP contribution in [0.3, 0.4) is 0 Å². The zero-order chi connectivity index (χ0) is 13.1. The van der Waals surface area contributed by atoms with Crippen LogP contribution in [-0.4, -0.2) is 33.9 Å². The van der Waals surface area contributed by atoms with Crippen LogP contribution in [-0.2, 0) is 18.4 Å². The van der Waals surface area contributed by atoms with Crippen molar-refractivity contribution < 1.29 is 4.74 Å². The molecule has 0 atom stereocenters. The summed E-state index contributed by atoms with van der Waals surface area (Å²) in [7, 11) is 5.35. The Labute approximate surface area is 119 Å². The lowest BCUT2D eigenvalue weighted by atomic mass is 10.3. The fourth-order valence-corrected chi connectivity index (χ4v) is 2.21. The van der Waals surface area contributed by atoms with Gasteiger partial charge in [0, 0.05) is 27.4 Å². The lowest BCUT2D eigenvalue weighted by Gasteiger charge is -2.09. The SMILES string of the molecule is CNc1nc(-c2ccn(C)n2)nc(COC)c1I. The van der Waals surface area contributed by atoms with Crippen LogP contribution >= 0.6 is 22.6 Å². The number of aromatic nitrogens is 4. The van der Waals surface area contributed by atoms with Gasteiger partial charge in [-0.25, -0.2) is 9.97 Å². The molecule has 1 N–H and O–H groups in total. The predicted octanol–water partition coefficient (Wildman–Crippen LogP) is 1.67. The van der Waals surface area contributed by atoms with E-state index < -0.39 is 0 Å². The summed E-state index contributed by atoms with van der Waals surface area (Å²) in [6.45, 7) is 0.454. The first-order valence-corrected chi connectivity index (χ1v) is 6.46. The predicted molar refractivity (Wildman–Crippen MR) is 77.2 cm³/mol.